The highest BCUT2D eigenvalue weighted by atomic mass is 19.1. The van der Waals surface area contributed by atoms with Gasteiger partial charge in [0, 0.05) is 38.5 Å². The molecule has 7 heteroatoms. The van der Waals surface area contributed by atoms with Gasteiger partial charge < -0.3 is 19.3 Å². The Bertz CT molecular complexity index is 728. The zero-order chi connectivity index (χ0) is 18.9. The molecule has 0 aromatic heterocycles. The van der Waals surface area contributed by atoms with Crippen molar-refractivity contribution in [2.75, 3.05) is 32.8 Å². The number of halogens is 1. The van der Waals surface area contributed by atoms with Gasteiger partial charge in [-0.1, -0.05) is 6.07 Å². The summed E-state index contributed by atoms with van der Waals surface area (Å²) in [7, 11) is 0. The van der Waals surface area contributed by atoms with Crippen LogP contribution in [0.1, 0.15) is 32.1 Å². The molecule has 4 rings (SSSR count). The fourth-order valence-corrected chi connectivity index (χ4v) is 4.34. The molecule has 0 bridgehead atoms. The number of nitrogens with zero attached hydrogens (tertiary/aromatic N) is 2. The van der Waals surface area contributed by atoms with Crippen molar-refractivity contribution in [3.8, 4) is 5.75 Å². The van der Waals surface area contributed by atoms with Crippen molar-refractivity contribution in [3.05, 3.63) is 30.1 Å². The van der Waals surface area contributed by atoms with Crippen LogP contribution in [0.3, 0.4) is 0 Å². The molecule has 1 aromatic rings. The Morgan fingerprint density at radius 2 is 2.22 bits per heavy atom. The molecular formula is C20H25FN2O4. The van der Waals surface area contributed by atoms with Gasteiger partial charge >= 0.3 is 0 Å². The third-order valence-corrected chi connectivity index (χ3v) is 5.66. The number of piperidine rings is 1. The lowest BCUT2D eigenvalue weighted by Gasteiger charge is -2.40. The number of carbonyl (C=O) groups is 2. The van der Waals surface area contributed by atoms with Gasteiger partial charge in [-0.15, -0.1) is 0 Å². The quantitative estimate of drug-likeness (QED) is 0.806. The summed E-state index contributed by atoms with van der Waals surface area (Å²) in [5, 5.41) is 0. The van der Waals surface area contributed by atoms with Crippen molar-refractivity contribution in [2.24, 2.45) is 0 Å². The molecule has 3 saturated heterocycles. The summed E-state index contributed by atoms with van der Waals surface area (Å²) in [5.41, 5.74) is -0.402. The van der Waals surface area contributed by atoms with Gasteiger partial charge in [-0.3, -0.25) is 9.59 Å². The molecule has 27 heavy (non-hydrogen) atoms. The number of benzene rings is 1. The van der Waals surface area contributed by atoms with Crippen LogP contribution in [0.5, 0.6) is 5.75 Å². The van der Waals surface area contributed by atoms with E-state index in [1.54, 1.807) is 17.0 Å². The van der Waals surface area contributed by atoms with Crippen molar-refractivity contribution >= 4 is 11.8 Å². The van der Waals surface area contributed by atoms with E-state index < -0.39 is 5.60 Å². The van der Waals surface area contributed by atoms with E-state index in [1.165, 1.54) is 12.1 Å². The Balaban J connectivity index is 1.34. The highest BCUT2D eigenvalue weighted by molar-refractivity contribution is 5.86. The molecule has 0 N–H and O–H groups in total. The fourth-order valence-electron chi connectivity index (χ4n) is 4.34. The van der Waals surface area contributed by atoms with Crippen molar-refractivity contribution in [3.63, 3.8) is 0 Å². The number of ether oxygens (including phenoxy) is 2. The maximum atomic E-state index is 13.3. The highest BCUT2D eigenvalue weighted by Gasteiger charge is 2.45. The van der Waals surface area contributed by atoms with E-state index in [1.807, 2.05) is 4.90 Å². The summed E-state index contributed by atoms with van der Waals surface area (Å²) in [4.78, 5) is 27.9. The molecule has 1 aromatic carbocycles. The maximum absolute atomic E-state index is 13.3. The van der Waals surface area contributed by atoms with Gasteiger partial charge in [0.2, 0.25) is 11.8 Å². The summed E-state index contributed by atoms with van der Waals surface area (Å²) >= 11 is 0. The number of rotatable bonds is 4. The zero-order valence-electron chi connectivity index (χ0n) is 15.4. The molecule has 2 amide bonds. The Hall–Kier alpha value is -2.15. The third-order valence-electron chi connectivity index (χ3n) is 5.66. The Morgan fingerprint density at radius 3 is 3.00 bits per heavy atom. The second kappa shape index (κ2) is 7.46. The van der Waals surface area contributed by atoms with Crippen LogP contribution in [-0.2, 0) is 14.3 Å². The van der Waals surface area contributed by atoms with Crippen LogP contribution < -0.4 is 4.74 Å². The molecule has 0 radical (unpaired) electrons. The molecule has 6 nitrogen and oxygen atoms in total. The maximum Gasteiger partial charge on any atom is 0.242 e. The van der Waals surface area contributed by atoms with E-state index in [4.69, 9.17) is 9.47 Å². The van der Waals surface area contributed by atoms with Crippen LogP contribution in [0.25, 0.3) is 0 Å². The Labute approximate surface area is 158 Å². The van der Waals surface area contributed by atoms with Crippen molar-refractivity contribution in [1.29, 1.82) is 0 Å². The molecule has 3 aliphatic rings. The van der Waals surface area contributed by atoms with Crippen LogP contribution in [0.15, 0.2) is 24.3 Å². The van der Waals surface area contributed by atoms with Crippen molar-refractivity contribution in [1.82, 2.24) is 9.80 Å². The SMILES string of the molecule is O=C1CCCN1CC(=O)N1CCC[C@@]2(C[C@@H](Oc3cccc(F)c3)CO2)C1. The third kappa shape index (κ3) is 4.08. The number of hydrogen-bond acceptors (Lipinski definition) is 4. The first-order chi connectivity index (χ1) is 13.0. The summed E-state index contributed by atoms with van der Waals surface area (Å²) < 4.78 is 25.3. The minimum absolute atomic E-state index is 0.0116. The second-order valence-corrected chi connectivity index (χ2v) is 7.73. The van der Waals surface area contributed by atoms with Gasteiger partial charge in [-0.25, -0.2) is 4.39 Å². The fraction of sp³-hybridized carbons (Fsp3) is 0.600. The molecule has 0 aliphatic carbocycles. The summed E-state index contributed by atoms with van der Waals surface area (Å²) in [6.07, 6.45) is 3.64. The van der Waals surface area contributed by atoms with E-state index in [0.29, 0.717) is 44.8 Å². The second-order valence-electron chi connectivity index (χ2n) is 7.73. The lowest BCUT2D eigenvalue weighted by Crippen LogP contribution is -2.52. The van der Waals surface area contributed by atoms with Crippen LogP contribution in [-0.4, -0.2) is 66.1 Å². The number of likely N-dealkylation sites (tertiary alicyclic amines) is 2. The van der Waals surface area contributed by atoms with E-state index >= 15 is 0 Å². The van der Waals surface area contributed by atoms with Crippen LogP contribution >= 0.6 is 0 Å². The van der Waals surface area contributed by atoms with Crippen molar-refractivity contribution < 1.29 is 23.5 Å². The number of carbonyl (C=O) groups excluding carboxylic acids is 2. The smallest absolute Gasteiger partial charge is 0.242 e. The predicted molar refractivity (Wildman–Crippen MR) is 95.7 cm³/mol. The first-order valence-electron chi connectivity index (χ1n) is 9.65. The molecule has 146 valence electrons. The van der Waals surface area contributed by atoms with Gasteiger partial charge in [0.05, 0.1) is 18.8 Å². The van der Waals surface area contributed by atoms with Crippen molar-refractivity contribution in [2.45, 2.75) is 43.8 Å². The average molecular weight is 376 g/mol. The molecular weight excluding hydrogens is 351 g/mol. The van der Waals surface area contributed by atoms with E-state index in [2.05, 4.69) is 0 Å². The van der Waals surface area contributed by atoms with Gasteiger partial charge in [-0.2, -0.15) is 0 Å². The molecule has 0 saturated carbocycles. The topological polar surface area (TPSA) is 59.1 Å². The monoisotopic (exact) mass is 376 g/mol. The van der Waals surface area contributed by atoms with Gasteiger partial charge in [0.25, 0.3) is 0 Å². The molecule has 3 aliphatic heterocycles. The van der Waals surface area contributed by atoms with Crippen LogP contribution in [0, 0.1) is 5.82 Å². The molecule has 0 unspecified atom stereocenters. The standard InChI is InChI=1S/C20H25FN2O4/c21-15-4-1-5-16(10-15)27-17-11-20(26-13-17)7-3-9-23(14-20)19(25)12-22-8-2-6-18(22)24/h1,4-5,10,17H,2-3,6-9,11-14H2/t17-,20-/m1/s1. The minimum atomic E-state index is -0.402. The average Bonchev–Trinajstić information content (AvgIpc) is 3.21. The zero-order valence-corrected chi connectivity index (χ0v) is 15.4. The summed E-state index contributed by atoms with van der Waals surface area (Å²) in [6.45, 7) is 2.49. The van der Waals surface area contributed by atoms with Gasteiger partial charge in [0.1, 0.15) is 17.7 Å². The summed E-state index contributed by atoms with van der Waals surface area (Å²) in [6, 6.07) is 6.11. The predicted octanol–water partition coefficient (Wildman–Crippen LogP) is 1.98. The molecule has 3 fully saturated rings. The highest BCUT2D eigenvalue weighted by Crippen LogP contribution is 2.36. The van der Waals surface area contributed by atoms with Gasteiger partial charge in [-0.05, 0) is 31.4 Å². The van der Waals surface area contributed by atoms with Gasteiger partial charge in [0.15, 0.2) is 0 Å². The minimum Gasteiger partial charge on any atom is -0.488 e. The van der Waals surface area contributed by atoms with Crippen LogP contribution in [0.4, 0.5) is 4.39 Å². The van der Waals surface area contributed by atoms with E-state index in [9.17, 15) is 14.0 Å². The first kappa shape index (κ1) is 18.2. The lowest BCUT2D eigenvalue weighted by molar-refractivity contribution is -0.143. The summed E-state index contributed by atoms with van der Waals surface area (Å²) in [5.74, 6) is 0.224. The Kier molecular flexibility index (Phi) is 5.04. The number of hydrogen-bond donors (Lipinski definition) is 0. The normalized spacial score (nSPS) is 28.2. The number of amides is 2. The van der Waals surface area contributed by atoms with E-state index in [-0.39, 0.29) is 30.3 Å². The largest absolute Gasteiger partial charge is 0.488 e. The first-order valence-corrected chi connectivity index (χ1v) is 9.65. The van der Waals surface area contributed by atoms with E-state index in [0.717, 1.165) is 19.3 Å². The lowest BCUT2D eigenvalue weighted by atomic mass is 9.89. The Morgan fingerprint density at radius 1 is 1.33 bits per heavy atom. The molecule has 2 atom stereocenters. The van der Waals surface area contributed by atoms with Crippen LogP contribution in [0.2, 0.25) is 0 Å². The molecule has 3 heterocycles. The molecule has 1 spiro atoms.